The number of ether oxygens (including phenoxy) is 1. The van der Waals surface area contributed by atoms with E-state index >= 15 is 0 Å². The average molecular weight is 280 g/mol. The molecule has 1 unspecified atom stereocenters. The predicted octanol–water partition coefficient (Wildman–Crippen LogP) is 1.84. The van der Waals surface area contributed by atoms with Crippen LogP contribution in [0.3, 0.4) is 0 Å². The number of thioether (sulfide) groups is 1. The van der Waals surface area contributed by atoms with Gasteiger partial charge in [-0.1, -0.05) is 6.42 Å². The second-order valence-electron chi connectivity index (χ2n) is 5.00. The second kappa shape index (κ2) is 6.07. The van der Waals surface area contributed by atoms with Gasteiger partial charge >= 0.3 is 0 Å². The van der Waals surface area contributed by atoms with Gasteiger partial charge in [-0.25, -0.2) is 15.8 Å². The molecule has 6 heteroatoms. The van der Waals surface area contributed by atoms with Gasteiger partial charge < -0.3 is 10.2 Å². The van der Waals surface area contributed by atoms with E-state index in [9.17, 15) is 0 Å². The van der Waals surface area contributed by atoms with Gasteiger partial charge in [-0.15, -0.1) is 0 Å². The van der Waals surface area contributed by atoms with E-state index in [0.717, 1.165) is 48.3 Å². The number of rotatable bonds is 2. The summed E-state index contributed by atoms with van der Waals surface area (Å²) in [6.07, 6.45) is 5.72. The zero-order chi connectivity index (χ0) is 13.1. The Balaban J connectivity index is 1.94. The maximum Gasteiger partial charge on any atom is 0.160 e. The minimum atomic E-state index is 0.0133. The fraction of sp³-hybridized carbons (Fsp3) is 0.692. The summed E-state index contributed by atoms with van der Waals surface area (Å²) in [6, 6.07) is 0. The Labute approximate surface area is 117 Å². The van der Waals surface area contributed by atoms with Crippen LogP contribution in [0.25, 0.3) is 0 Å². The number of hydrogen-bond acceptors (Lipinski definition) is 6. The van der Waals surface area contributed by atoms with Crippen molar-refractivity contribution in [1.82, 2.24) is 9.97 Å². The maximum atomic E-state index is 5.77. The van der Waals surface area contributed by atoms with Gasteiger partial charge in [-0.05, 0) is 25.7 Å². The third-order valence-corrected chi connectivity index (χ3v) is 4.68. The first-order chi connectivity index (χ1) is 9.38. The number of hydrazine groups is 1. The number of fused-ring (bicyclic) bond motifs is 1. The normalized spacial score (nSPS) is 23.5. The number of nitrogens with one attached hydrogen (secondary N) is 1. The average Bonchev–Trinajstić information content (AvgIpc) is 2.72. The van der Waals surface area contributed by atoms with Crippen LogP contribution in [0.1, 0.15) is 42.4 Å². The summed E-state index contributed by atoms with van der Waals surface area (Å²) in [4.78, 5) is 9.34. The van der Waals surface area contributed by atoms with Crippen LogP contribution < -0.4 is 11.3 Å². The van der Waals surface area contributed by atoms with E-state index in [4.69, 9.17) is 15.6 Å². The van der Waals surface area contributed by atoms with Crippen molar-refractivity contribution in [2.24, 2.45) is 5.84 Å². The smallest absolute Gasteiger partial charge is 0.160 e. The zero-order valence-corrected chi connectivity index (χ0v) is 11.8. The van der Waals surface area contributed by atoms with Crippen molar-refractivity contribution in [1.29, 1.82) is 0 Å². The molecule has 1 aromatic heterocycles. The van der Waals surface area contributed by atoms with Crippen molar-refractivity contribution < 1.29 is 4.74 Å². The van der Waals surface area contributed by atoms with Gasteiger partial charge in [0.25, 0.3) is 0 Å². The molecular weight excluding hydrogens is 260 g/mol. The SMILES string of the molecule is NNc1nc(C2CSCCO2)nc2c1CCCCC2. The number of hydrogen-bond donors (Lipinski definition) is 2. The molecule has 2 aliphatic rings. The molecule has 1 fully saturated rings. The Kier molecular flexibility index (Phi) is 4.20. The highest BCUT2D eigenvalue weighted by Crippen LogP contribution is 2.29. The van der Waals surface area contributed by atoms with Gasteiger partial charge in [0.1, 0.15) is 11.9 Å². The molecule has 5 nitrogen and oxygen atoms in total. The zero-order valence-electron chi connectivity index (χ0n) is 11.0. The highest BCUT2D eigenvalue weighted by molar-refractivity contribution is 7.99. The van der Waals surface area contributed by atoms with Gasteiger partial charge in [0, 0.05) is 22.8 Å². The van der Waals surface area contributed by atoms with E-state index in [1.807, 2.05) is 11.8 Å². The molecule has 2 heterocycles. The molecule has 1 aromatic rings. The van der Waals surface area contributed by atoms with Crippen molar-refractivity contribution in [3.63, 3.8) is 0 Å². The van der Waals surface area contributed by atoms with E-state index in [0.29, 0.717) is 0 Å². The highest BCUT2D eigenvalue weighted by atomic mass is 32.2. The molecule has 0 aromatic carbocycles. The summed E-state index contributed by atoms with van der Waals surface area (Å²) in [6.45, 7) is 0.779. The van der Waals surface area contributed by atoms with Crippen LogP contribution in [-0.4, -0.2) is 28.1 Å². The Morgan fingerprint density at radius 3 is 2.89 bits per heavy atom. The number of nitrogens with two attached hydrogens (primary N) is 1. The van der Waals surface area contributed by atoms with E-state index in [2.05, 4.69) is 10.4 Å². The Morgan fingerprint density at radius 2 is 2.11 bits per heavy atom. The van der Waals surface area contributed by atoms with E-state index in [-0.39, 0.29) is 6.10 Å². The first kappa shape index (κ1) is 13.1. The standard InChI is InChI=1S/C13H20N4OS/c14-17-12-9-4-2-1-3-5-10(9)15-13(16-12)11-8-19-7-6-18-11/h11H,1-8,14H2,(H,15,16,17). The van der Waals surface area contributed by atoms with Crippen LogP contribution in [0.4, 0.5) is 5.82 Å². The van der Waals surface area contributed by atoms with Crippen molar-refractivity contribution in [2.75, 3.05) is 23.5 Å². The van der Waals surface area contributed by atoms with Crippen molar-refractivity contribution in [3.05, 3.63) is 17.1 Å². The van der Waals surface area contributed by atoms with Crippen molar-refractivity contribution >= 4 is 17.6 Å². The van der Waals surface area contributed by atoms with E-state index in [1.165, 1.54) is 24.8 Å². The molecule has 1 aliphatic heterocycles. The number of aryl methyl sites for hydroxylation is 1. The van der Waals surface area contributed by atoms with Gasteiger partial charge in [-0.3, -0.25) is 0 Å². The molecule has 1 saturated heterocycles. The Morgan fingerprint density at radius 1 is 1.21 bits per heavy atom. The van der Waals surface area contributed by atoms with Gasteiger partial charge in [-0.2, -0.15) is 11.8 Å². The largest absolute Gasteiger partial charge is 0.368 e. The topological polar surface area (TPSA) is 73.1 Å². The molecule has 0 saturated carbocycles. The fourth-order valence-corrected chi connectivity index (χ4v) is 3.53. The quantitative estimate of drug-likeness (QED) is 0.489. The minimum absolute atomic E-state index is 0.0133. The molecule has 0 amide bonds. The lowest BCUT2D eigenvalue weighted by Gasteiger charge is -2.22. The summed E-state index contributed by atoms with van der Waals surface area (Å²) in [5, 5.41) is 0. The maximum absolute atomic E-state index is 5.77. The van der Waals surface area contributed by atoms with Crippen molar-refractivity contribution in [3.8, 4) is 0 Å². The second-order valence-corrected chi connectivity index (χ2v) is 6.14. The minimum Gasteiger partial charge on any atom is -0.368 e. The number of nitrogen functional groups attached to an aromatic ring is 1. The van der Waals surface area contributed by atoms with Crippen LogP contribution in [0.5, 0.6) is 0 Å². The van der Waals surface area contributed by atoms with Crippen molar-refractivity contribution in [2.45, 2.75) is 38.2 Å². The van der Waals surface area contributed by atoms with Crippen LogP contribution in [0, 0.1) is 0 Å². The third-order valence-electron chi connectivity index (χ3n) is 3.69. The van der Waals surface area contributed by atoms with Gasteiger partial charge in [0.2, 0.25) is 0 Å². The molecule has 0 bridgehead atoms. The Bertz CT molecular complexity index is 449. The molecule has 1 atom stereocenters. The fourth-order valence-electron chi connectivity index (χ4n) is 2.69. The molecule has 0 radical (unpaired) electrons. The van der Waals surface area contributed by atoms with E-state index < -0.39 is 0 Å². The summed E-state index contributed by atoms with van der Waals surface area (Å²) in [5.41, 5.74) is 5.11. The number of anilines is 1. The lowest BCUT2D eigenvalue weighted by atomic mass is 10.1. The van der Waals surface area contributed by atoms with Crippen LogP contribution >= 0.6 is 11.8 Å². The molecule has 19 heavy (non-hydrogen) atoms. The molecule has 3 N–H and O–H groups in total. The molecular formula is C13H20N4OS. The lowest BCUT2D eigenvalue weighted by molar-refractivity contribution is 0.0693. The monoisotopic (exact) mass is 280 g/mol. The Hall–Kier alpha value is -0.850. The lowest BCUT2D eigenvalue weighted by Crippen LogP contribution is -2.21. The summed E-state index contributed by atoms with van der Waals surface area (Å²) in [5.74, 6) is 9.21. The first-order valence-corrected chi connectivity index (χ1v) is 8.09. The number of nitrogens with zero attached hydrogens (tertiary/aromatic N) is 2. The van der Waals surface area contributed by atoms with Gasteiger partial charge in [0.05, 0.1) is 6.61 Å². The number of aromatic nitrogens is 2. The molecule has 3 rings (SSSR count). The van der Waals surface area contributed by atoms with Crippen LogP contribution in [-0.2, 0) is 17.6 Å². The molecule has 0 spiro atoms. The molecule has 104 valence electrons. The summed E-state index contributed by atoms with van der Waals surface area (Å²) in [7, 11) is 0. The predicted molar refractivity (Wildman–Crippen MR) is 77.1 cm³/mol. The first-order valence-electron chi connectivity index (χ1n) is 6.94. The highest BCUT2D eigenvalue weighted by Gasteiger charge is 2.23. The third kappa shape index (κ3) is 2.85. The summed E-state index contributed by atoms with van der Waals surface area (Å²) >= 11 is 1.90. The summed E-state index contributed by atoms with van der Waals surface area (Å²) < 4.78 is 5.77. The van der Waals surface area contributed by atoms with Crippen LogP contribution in [0.15, 0.2) is 0 Å². The van der Waals surface area contributed by atoms with Crippen LogP contribution in [0.2, 0.25) is 0 Å². The van der Waals surface area contributed by atoms with E-state index in [1.54, 1.807) is 0 Å². The molecule has 1 aliphatic carbocycles. The van der Waals surface area contributed by atoms with Gasteiger partial charge in [0.15, 0.2) is 5.82 Å².